The van der Waals surface area contributed by atoms with E-state index >= 15 is 0 Å². The topological polar surface area (TPSA) is 86.3 Å². The van der Waals surface area contributed by atoms with Gasteiger partial charge in [0.15, 0.2) is 0 Å². The van der Waals surface area contributed by atoms with Gasteiger partial charge in [0, 0.05) is 36.3 Å². The van der Waals surface area contributed by atoms with Gasteiger partial charge in [0.2, 0.25) is 10.0 Å². The van der Waals surface area contributed by atoms with Gasteiger partial charge in [-0.1, -0.05) is 6.07 Å². The lowest BCUT2D eigenvalue weighted by Crippen LogP contribution is -2.21. The predicted octanol–water partition coefficient (Wildman–Crippen LogP) is 3.18. The van der Waals surface area contributed by atoms with Crippen molar-refractivity contribution in [1.29, 1.82) is 0 Å². The molecule has 0 bridgehead atoms. The van der Waals surface area contributed by atoms with Gasteiger partial charge in [-0.05, 0) is 41.8 Å². The van der Waals surface area contributed by atoms with E-state index in [9.17, 15) is 17.2 Å². The molecule has 3 N–H and O–H groups in total. The highest BCUT2D eigenvalue weighted by atomic mass is 32.2. The lowest BCUT2D eigenvalue weighted by molar-refractivity contribution is 0.587. The molecule has 0 radical (unpaired) electrons. The van der Waals surface area contributed by atoms with Crippen LogP contribution in [0.5, 0.6) is 0 Å². The van der Waals surface area contributed by atoms with Gasteiger partial charge in [-0.25, -0.2) is 21.9 Å². The van der Waals surface area contributed by atoms with Crippen LogP contribution in [0.3, 0.4) is 0 Å². The molecule has 0 aliphatic heterocycles. The molecule has 0 fully saturated rings. The van der Waals surface area contributed by atoms with Gasteiger partial charge in [0.1, 0.15) is 11.6 Å². The van der Waals surface area contributed by atoms with Crippen LogP contribution in [0.1, 0.15) is 11.1 Å². The number of anilines is 1. The van der Waals surface area contributed by atoms with Crippen molar-refractivity contribution in [3.8, 4) is 0 Å². The van der Waals surface area contributed by atoms with Gasteiger partial charge < -0.3 is 10.3 Å². The molecule has 2 aromatic carbocycles. The van der Waals surface area contributed by atoms with Crippen molar-refractivity contribution in [2.45, 2.75) is 13.0 Å². The second kappa shape index (κ2) is 8.49. The van der Waals surface area contributed by atoms with Crippen molar-refractivity contribution >= 4 is 33.0 Å². The normalized spacial score (nSPS) is 12.1. The van der Waals surface area contributed by atoms with Gasteiger partial charge in [0.25, 0.3) is 0 Å². The minimum absolute atomic E-state index is 0.0267. The highest BCUT2D eigenvalue weighted by Crippen LogP contribution is 2.20. The zero-order valence-corrected chi connectivity index (χ0v) is 16.0. The first-order valence-electron chi connectivity index (χ1n) is 8.55. The van der Waals surface area contributed by atoms with Crippen LogP contribution in [-0.2, 0) is 23.0 Å². The first-order valence-corrected chi connectivity index (χ1v) is 10.4. The number of rotatable bonds is 8. The third-order valence-corrected chi connectivity index (χ3v) is 4.79. The maximum absolute atomic E-state index is 13.5. The molecule has 0 amide bonds. The van der Waals surface area contributed by atoms with Gasteiger partial charge in [-0.3, -0.25) is 4.99 Å². The van der Waals surface area contributed by atoms with E-state index in [0.717, 1.165) is 46.5 Å². The Morgan fingerprint density at radius 1 is 1.18 bits per heavy atom. The number of hydrogen-bond acceptors (Lipinski definition) is 3. The Hall–Kier alpha value is -2.78. The van der Waals surface area contributed by atoms with Gasteiger partial charge >= 0.3 is 0 Å². The lowest BCUT2D eigenvalue weighted by Gasteiger charge is -2.04. The summed E-state index contributed by atoms with van der Waals surface area (Å²) in [6, 6.07) is 8.85. The first kappa shape index (κ1) is 20.0. The number of aromatic nitrogens is 1. The Morgan fingerprint density at radius 3 is 2.79 bits per heavy atom. The summed E-state index contributed by atoms with van der Waals surface area (Å²) >= 11 is 0. The minimum Gasteiger partial charge on any atom is -0.361 e. The lowest BCUT2D eigenvalue weighted by atomic mass is 10.1. The number of aliphatic imine (C=N–C) groups is 1. The number of fused-ring (bicyclic) bond motifs is 1. The summed E-state index contributed by atoms with van der Waals surface area (Å²) in [7, 11) is -3.26. The minimum atomic E-state index is -3.26. The summed E-state index contributed by atoms with van der Waals surface area (Å²) in [5.41, 5.74) is 2.86. The molecule has 9 heteroatoms. The zero-order chi connectivity index (χ0) is 20.1. The Morgan fingerprint density at radius 2 is 2.00 bits per heavy atom. The van der Waals surface area contributed by atoms with Crippen LogP contribution in [0.4, 0.5) is 14.5 Å². The second-order valence-electron chi connectivity index (χ2n) is 6.34. The van der Waals surface area contributed by atoms with Crippen molar-refractivity contribution < 1.29 is 17.2 Å². The zero-order valence-electron chi connectivity index (χ0n) is 15.2. The molecule has 0 saturated heterocycles. The second-order valence-corrected chi connectivity index (χ2v) is 8.17. The van der Waals surface area contributed by atoms with Crippen LogP contribution in [0.25, 0.3) is 10.9 Å². The van der Waals surface area contributed by atoms with Crippen LogP contribution in [-0.4, -0.2) is 32.5 Å². The van der Waals surface area contributed by atoms with Crippen molar-refractivity contribution in [3.05, 3.63) is 65.4 Å². The van der Waals surface area contributed by atoms with E-state index in [-0.39, 0.29) is 12.2 Å². The number of H-pyrrole nitrogens is 1. The Labute approximate surface area is 161 Å². The molecule has 0 atom stereocenters. The van der Waals surface area contributed by atoms with E-state index in [0.29, 0.717) is 13.0 Å². The monoisotopic (exact) mass is 406 g/mol. The highest BCUT2D eigenvalue weighted by molar-refractivity contribution is 7.88. The van der Waals surface area contributed by atoms with E-state index in [2.05, 4.69) is 20.0 Å². The molecule has 3 aromatic rings. The molecule has 3 rings (SSSR count). The fourth-order valence-corrected chi connectivity index (χ4v) is 3.16. The third kappa shape index (κ3) is 5.37. The van der Waals surface area contributed by atoms with E-state index in [4.69, 9.17) is 0 Å². The summed E-state index contributed by atoms with van der Waals surface area (Å²) < 4.78 is 51.6. The SMILES string of the molecule is CS(=O)(=O)NCc1ccc2[nH]cc(CCN=CNc3cc(F)ccc3F)c2c1. The van der Waals surface area contributed by atoms with Crippen LogP contribution in [0.2, 0.25) is 0 Å². The molecule has 1 aromatic heterocycles. The maximum atomic E-state index is 13.5. The molecule has 6 nitrogen and oxygen atoms in total. The fourth-order valence-electron chi connectivity index (χ4n) is 2.73. The average Bonchev–Trinajstić information content (AvgIpc) is 3.04. The number of nitrogens with one attached hydrogen (secondary N) is 3. The summed E-state index contributed by atoms with van der Waals surface area (Å²) in [5.74, 6) is -1.09. The molecule has 0 saturated carbocycles. The van der Waals surface area contributed by atoms with Crippen molar-refractivity contribution in [1.82, 2.24) is 9.71 Å². The van der Waals surface area contributed by atoms with Gasteiger partial charge in [-0.15, -0.1) is 0 Å². The Kier molecular flexibility index (Phi) is 6.05. The van der Waals surface area contributed by atoms with Gasteiger partial charge in [-0.2, -0.15) is 0 Å². The van der Waals surface area contributed by atoms with Crippen LogP contribution >= 0.6 is 0 Å². The largest absolute Gasteiger partial charge is 0.361 e. The van der Waals surface area contributed by atoms with Crippen LogP contribution < -0.4 is 10.0 Å². The first-order chi connectivity index (χ1) is 13.3. The molecule has 0 unspecified atom stereocenters. The fraction of sp³-hybridized carbons (Fsp3) is 0.211. The van der Waals surface area contributed by atoms with E-state index in [1.165, 1.54) is 6.34 Å². The molecular formula is C19H20F2N4O2S. The average molecular weight is 406 g/mol. The van der Waals surface area contributed by atoms with Crippen molar-refractivity contribution in [3.63, 3.8) is 0 Å². The molecule has 0 spiro atoms. The van der Waals surface area contributed by atoms with Crippen LogP contribution in [0, 0.1) is 11.6 Å². The standard InChI is InChI=1S/C19H20F2N4O2S/c1-28(26,27)25-10-13-2-5-18-16(8-13)14(11-23-18)6-7-22-12-24-19-9-15(20)3-4-17(19)21/h2-5,8-9,11-12,23,25H,6-7,10H2,1H3,(H,22,24). The number of hydrogen-bond donors (Lipinski definition) is 3. The predicted molar refractivity (Wildman–Crippen MR) is 107 cm³/mol. The number of sulfonamides is 1. The highest BCUT2D eigenvalue weighted by Gasteiger charge is 2.06. The molecule has 148 valence electrons. The molecule has 1 heterocycles. The summed E-state index contributed by atoms with van der Waals surface area (Å²) in [6.45, 7) is 0.670. The van der Waals surface area contributed by atoms with E-state index in [1.54, 1.807) is 0 Å². The molecule has 0 aliphatic carbocycles. The third-order valence-electron chi connectivity index (χ3n) is 4.12. The van der Waals surface area contributed by atoms with Crippen LogP contribution in [0.15, 0.2) is 47.6 Å². The van der Waals surface area contributed by atoms with Crippen molar-refractivity contribution in [2.75, 3.05) is 18.1 Å². The summed E-state index contributed by atoms with van der Waals surface area (Å²) in [4.78, 5) is 7.35. The molecular weight excluding hydrogens is 386 g/mol. The molecule has 0 aliphatic rings. The van der Waals surface area contributed by atoms with Gasteiger partial charge in [0.05, 0.1) is 18.3 Å². The summed E-state index contributed by atoms with van der Waals surface area (Å²) in [6.07, 6.45) is 4.98. The number of aromatic amines is 1. The smallest absolute Gasteiger partial charge is 0.209 e. The Bertz CT molecular complexity index is 1110. The van der Waals surface area contributed by atoms with E-state index < -0.39 is 21.7 Å². The summed E-state index contributed by atoms with van der Waals surface area (Å²) in [5, 5.41) is 3.62. The number of nitrogens with zero attached hydrogens (tertiary/aromatic N) is 1. The Balaban J connectivity index is 1.61. The quantitative estimate of drug-likeness (QED) is 0.397. The maximum Gasteiger partial charge on any atom is 0.209 e. The van der Waals surface area contributed by atoms with E-state index in [1.807, 2.05) is 24.4 Å². The number of benzene rings is 2. The number of halogens is 2. The van der Waals surface area contributed by atoms with Crippen molar-refractivity contribution in [2.24, 2.45) is 4.99 Å². The molecule has 28 heavy (non-hydrogen) atoms.